The lowest BCUT2D eigenvalue weighted by molar-refractivity contribution is -0.140. The molecular weight excluding hydrogens is 447 g/mol. The van der Waals surface area contributed by atoms with Crippen molar-refractivity contribution in [3.8, 4) is 5.75 Å². The molecule has 1 aliphatic heterocycles. The third-order valence-electron chi connectivity index (χ3n) is 7.74. The van der Waals surface area contributed by atoms with Gasteiger partial charge in [0.1, 0.15) is 18.1 Å². The van der Waals surface area contributed by atoms with Crippen molar-refractivity contribution in [3.05, 3.63) is 58.7 Å². The number of alkyl halides is 3. The Bertz CT molecular complexity index is 1100. The Morgan fingerprint density at radius 3 is 2.53 bits per heavy atom. The van der Waals surface area contributed by atoms with E-state index in [4.69, 9.17) is 9.84 Å². The van der Waals surface area contributed by atoms with Crippen LogP contribution in [0.3, 0.4) is 0 Å². The Labute approximate surface area is 195 Å². The van der Waals surface area contributed by atoms with Gasteiger partial charge in [0.2, 0.25) is 0 Å². The molecule has 1 heterocycles. The molecule has 0 radical (unpaired) electrons. The smallest absolute Gasteiger partial charge is 0.416 e. The summed E-state index contributed by atoms with van der Waals surface area (Å²) in [4.78, 5) is 11.2. The van der Waals surface area contributed by atoms with Crippen LogP contribution in [-0.2, 0) is 17.6 Å². The van der Waals surface area contributed by atoms with Crippen LogP contribution < -0.4 is 10.1 Å². The van der Waals surface area contributed by atoms with Gasteiger partial charge >= 0.3 is 12.1 Å². The molecule has 2 aromatic carbocycles. The minimum atomic E-state index is -4.41. The molecule has 5 rings (SSSR count). The number of aliphatic hydroxyl groups is 1. The molecular formula is C26H28F3NO4. The Kier molecular flexibility index (Phi) is 5.74. The Morgan fingerprint density at radius 2 is 1.82 bits per heavy atom. The van der Waals surface area contributed by atoms with Gasteiger partial charge in [-0.15, -0.1) is 0 Å². The predicted octanol–water partition coefficient (Wildman–Crippen LogP) is 6.02. The van der Waals surface area contributed by atoms with Gasteiger partial charge in [-0.05, 0) is 72.6 Å². The number of fused-ring (bicyclic) bond motifs is 3. The number of benzene rings is 2. The molecule has 5 nitrogen and oxygen atoms in total. The first-order chi connectivity index (χ1) is 16.1. The number of carbonyl (C=O) groups is 1. The standard InChI is InChI=1S/C26H28F3NO4/c27-26(28,29)22-11-15(5-8-19(22)16-3-1-2-4-16)14-34-18-7-10-23-20(13-18)21-9-6-17(12-24(31)32)25(21,33)30-23/h5,7-8,10-11,13,16-17,21,30,33H,1-4,6,9,12,14H2,(H,31,32). The zero-order valence-corrected chi connectivity index (χ0v) is 18.7. The van der Waals surface area contributed by atoms with Crippen molar-refractivity contribution in [1.29, 1.82) is 0 Å². The molecule has 3 N–H and O–H groups in total. The van der Waals surface area contributed by atoms with Gasteiger partial charge in [-0.2, -0.15) is 13.2 Å². The molecule has 3 atom stereocenters. The van der Waals surface area contributed by atoms with Gasteiger partial charge in [0.25, 0.3) is 0 Å². The molecule has 3 unspecified atom stereocenters. The number of aliphatic carboxylic acids is 1. The molecule has 0 saturated heterocycles. The largest absolute Gasteiger partial charge is 0.489 e. The van der Waals surface area contributed by atoms with Crippen LogP contribution in [-0.4, -0.2) is 21.9 Å². The summed E-state index contributed by atoms with van der Waals surface area (Å²) in [5.41, 5.74) is 0.534. The van der Waals surface area contributed by atoms with Crippen molar-refractivity contribution in [1.82, 2.24) is 0 Å². The number of anilines is 1. The predicted molar refractivity (Wildman–Crippen MR) is 120 cm³/mol. The lowest BCUT2D eigenvalue weighted by Gasteiger charge is -2.30. The Balaban J connectivity index is 1.32. The van der Waals surface area contributed by atoms with Crippen LogP contribution in [0.1, 0.15) is 79.0 Å². The highest BCUT2D eigenvalue weighted by Gasteiger charge is 2.54. The molecule has 8 heteroatoms. The first kappa shape index (κ1) is 23.0. The SMILES string of the molecule is O=C(O)CC1CCC2c3cc(OCc4ccc(C5CCCC5)c(C(F)(F)F)c4)ccc3NC12O. The van der Waals surface area contributed by atoms with Crippen LogP contribution in [0.25, 0.3) is 0 Å². The number of rotatable bonds is 6. The minimum Gasteiger partial charge on any atom is -0.489 e. The summed E-state index contributed by atoms with van der Waals surface area (Å²) in [7, 11) is 0. The third-order valence-corrected chi connectivity index (χ3v) is 7.74. The van der Waals surface area contributed by atoms with Gasteiger partial charge in [-0.3, -0.25) is 4.79 Å². The van der Waals surface area contributed by atoms with E-state index in [0.29, 0.717) is 29.7 Å². The van der Waals surface area contributed by atoms with Crippen molar-refractivity contribution in [2.24, 2.45) is 5.92 Å². The topological polar surface area (TPSA) is 78.8 Å². The van der Waals surface area contributed by atoms with Crippen LogP contribution in [0.4, 0.5) is 18.9 Å². The molecule has 0 aromatic heterocycles. The van der Waals surface area contributed by atoms with Crippen molar-refractivity contribution >= 4 is 11.7 Å². The van der Waals surface area contributed by atoms with Crippen molar-refractivity contribution < 1.29 is 32.9 Å². The second-order valence-electron chi connectivity index (χ2n) is 9.81. The second kappa shape index (κ2) is 8.48. The average Bonchev–Trinajstić information content (AvgIpc) is 3.47. The molecule has 0 bridgehead atoms. The zero-order chi connectivity index (χ0) is 24.1. The molecule has 34 heavy (non-hydrogen) atoms. The Morgan fingerprint density at radius 1 is 1.06 bits per heavy atom. The van der Waals surface area contributed by atoms with Gasteiger partial charge in [0.05, 0.1) is 12.0 Å². The summed E-state index contributed by atoms with van der Waals surface area (Å²) in [6.45, 7) is -0.00316. The maximum Gasteiger partial charge on any atom is 0.416 e. The van der Waals surface area contributed by atoms with E-state index in [9.17, 15) is 23.1 Å². The average molecular weight is 476 g/mol. The summed E-state index contributed by atoms with van der Waals surface area (Å²) >= 11 is 0. The first-order valence-electron chi connectivity index (χ1n) is 11.8. The van der Waals surface area contributed by atoms with E-state index in [-0.39, 0.29) is 24.9 Å². The number of carboxylic acids is 1. The van der Waals surface area contributed by atoms with E-state index in [2.05, 4.69) is 5.32 Å². The molecule has 3 aliphatic rings. The number of hydrogen-bond acceptors (Lipinski definition) is 4. The fraction of sp³-hybridized carbons (Fsp3) is 0.500. The van der Waals surface area contributed by atoms with E-state index in [1.807, 2.05) is 0 Å². The highest BCUT2D eigenvalue weighted by molar-refractivity contribution is 5.69. The van der Waals surface area contributed by atoms with E-state index in [1.54, 1.807) is 30.3 Å². The lowest BCUT2D eigenvalue weighted by Crippen LogP contribution is -2.43. The Hall–Kier alpha value is -2.74. The van der Waals surface area contributed by atoms with Gasteiger partial charge in [-0.1, -0.05) is 25.0 Å². The maximum atomic E-state index is 13.8. The quantitative estimate of drug-likeness (QED) is 0.476. The number of halogens is 3. The van der Waals surface area contributed by atoms with E-state index in [0.717, 1.165) is 36.9 Å². The second-order valence-corrected chi connectivity index (χ2v) is 9.81. The summed E-state index contributed by atoms with van der Waals surface area (Å²) in [6.07, 6.45) is 0.239. The van der Waals surface area contributed by atoms with Gasteiger partial charge < -0.3 is 20.3 Å². The summed E-state index contributed by atoms with van der Waals surface area (Å²) in [5.74, 6) is -1.13. The molecule has 0 amide bonds. The highest BCUT2D eigenvalue weighted by Crippen LogP contribution is 2.55. The van der Waals surface area contributed by atoms with E-state index in [1.165, 1.54) is 6.07 Å². The van der Waals surface area contributed by atoms with E-state index < -0.39 is 29.4 Å². The van der Waals surface area contributed by atoms with E-state index >= 15 is 0 Å². The van der Waals surface area contributed by atoms with Gasteiger partial charge in [0.15, 0.2) is 0 Å². The highest BCUT2D eigenvalue weighted by atomic mass is 19.4. The number of nitrogens with one attached hydrogen (secondary N) is 1. The van der Waals surface area contributed by atoms with Crippen molar-refractivity contribution in [2.45, 2.75) is 75.3 Å². The molecule has 182 valence electrons. The summed E-state index contributed by atoms with van der Waals surface area (Å²) in [6, 6.07) is 9.79. The fourth-order valence-corrected chi connectivity index (χ4v) is 6.09. The zero-order valence-electron chi connectivity index (χ0n) is 18.7. The first-order valence-corrected chi connectivity index (χ1v) is 11.8. The van der Waals surface area contributed by atoms with Crippen LogP contribution in [0, 0.1) is 5.92 Å². The van der Waals surface area contributed by atoms with Crippen LogP contribution >= 0.6 is 0 Å². The number of ether oxygens (including phenoxy) is 1. The van der Waals surface area contributed by atoms with Gasteiger partial charge in [0, 0.05) is 17.5 Å². The minimum absolute atomic E-state index is 0.00316. The monoisotopic (exact) mass is 475 g/mol. The fourth-order valence-electron chi connectivity index (χ4n) is 6.09. The summed E-state index contributed by atoms with van der Waals surface area (Å²) in [5, 5.41) is 23.4. The normalized spacial score (nSPS) is 26.2. The molecule has 2 fully saturated rings. The molecule has 0 spiro atoms. The molecule has 2 aliphatic carbocycles. The van der Waals surface area contributed by atoms with Crippen LogP contribution in [0.2, 0.25) is 0 Å². The van der Waals surface area contributed by atoms with Crippen LogP contribution in [0.5, 0.6) is 5.75 Å². The van der Waals surface area contributed by atoms with Crippen molar-refractivity contribution in [3.63, 3.8) is 0 Å². The lowest BCUT2D eigenvalue weighted by atomic mass is 9.89. The van der Waals surface area contributed by atoms with Gasteiger partial charge in [-0.25, -0.2) is 0 Å². The van der Waals surface area contributed by atoms with Crippen LogP contribution in [0.15, 0.2) is 36.4 Å². The summed E-state index contributed by atoms with van der Waals surface area (Å²) < 4.78 is 47.1. The van der Waals surface area contributed by atoms with Crippen molar-refractivity contribution in [2.75, 3.05) is 5.32 Å². The maximum absolute atomic E-state index is 13.8. The molecule has 2 aromatic rings. The third kappa shape index (κ3) is 4.13. The molecule has 2 saturated carbocycles. The number of carboxylic acid groups (broad SMARTS) is 1. The number of hydrogen-bond donors (Lipinski definition) is 3.